The van der Waals surface area contributed by atoms with Crippen LogP contribution in [0.1, 0.15) is 34.3 Å². The highest BCUT2D eigenvalue weighted by molar-refractivity contribution is 5.94. The monoisotopic (exact) mass is 402 g/mol. The molecular formula is C24H26N4O2. The number of anilines is 2. The largest absolute Gasteiger partial charge is 0.508 e. The first kappa shape index (κ1) is 19.9. The van der Waals surface area contributed by atoms with E-state index in [1.807, 2.05) is 36.4 Å². The molecule has 30 heavy (non-hydrogen) atoms. The molecule has 1 saturated heterocycles. The Morgan fingerprint density at radius 1 is 0.967 bits per heavy atom. The maximum atomic E-state index is 12.5. The van der Waals surface area contributed by atoms with Gasteiger partial charge in [-0.2, -0.15) is 0 Å². The van der Waals surface area contributed by atoms with Gasteiger partial charge in [0.05, 0.1) is 0 Å². The van der Waals surface area contributed by atoms with Gasteiger partial charge in [0, 0.05) is 48.0 Å². The third-order valence-electron chi connectivity index (χ3n) is 5.31. The van der Waals surface area contributed by atoms with E-state index in [-0.39, 0.29) is 5.91 Å². The van der Waals surface area contributed by atoms with Crippen molar-refractivity contribution >= 4 is 17.3 Å². The Bertz CT molecular complexity index is 984. The highest BCUT2D eigenvalue weighted by atomic mass is 16.3. The summed E-state index contributed by atoms with van der Waals surface area (Å²) in [5, 5.41) is 16.4. The first-order chi connectivity index (χ1) is 14.7. The Morgan fingerprint density at radius 3 is 2.40 bits per heavy atom. The Morgan fingerprint density at radius 2 is 1.67 bits per heavy atom. The van der Waals surface area contributed by atoms with Crippen LogP contribution in [0.2, 0.25) is 0 Å². The van der Waals surface area contributed by atoms with E-state index in [9.17, 15) is 9.90 Å². The van der Waals surface area contributed by atoms with Gasteiger partial charge in [-0.15, -0.1) is 0 Å². The number of pyridine rings is 1. The number of benzene rings is 2. The second kappa shape index (κ2) is 9.41. The molecule has 0 saturated carbocycles. The summed E-state index contributed by atoms with van der Waals surface area (Å²) in [4.78, 5) is 18.9. The van der Waals surface area contributed by atoms with Crippen LogP contribution < -0.4 is 10.6 Å². The molecule has 0 spiro atoms. The van der Waals surface area contributed by atoms with Crippen molar-refractivity contribution in [2.75, 3.05) is 18.4 Å². The SMILES string of the molecule is O=C(NCc1ccc(O)c(CN2CCCC2)c1)c1ccc(Nc2ccncc2)cc1. The number of nitrogens with one attached hydrogen (secondary N) is 2. The van der Waals surface area contributed by atoms with Crippen LogP contribution in [0.4, 0.5) is 11.4 Å². The molecule has 3 N–H and O–H groups in total. The number of phenolic OH excluding ortho intramolecular Hbond substituents is 1. The van der Waals surface area contributed by atoms with Crippen molar-refractivity contribution in [1.82, 2.24) is 15.2 Å². The fourth-order valence-electron chi connectivity index (χ4n) is 3.65. The van der Waals surface area contributed by atoms with Crippen LogP contribution in [0.15, 0.2) is 67.0 Å². The van der Waals surface area contributed by atoms with Gasteiger partial charge in [-0.25, -0.2) is 0 Å². The Labute approximate surface area is 176 Å². The summed E-state index contributed by atoms with van der Waals surface area (Å²) < 4.78 is 0. The number of nitrogens with zero attached hydrogens (tertiary/aromatic N) is 2. The van der Waals surface area contributed by atoms with E-state index in [0.717, 1.165) is 42.1 Å². The zero-order valence-corrected chi connectivity index (χ0v) is 16.8. The third kappa shape index (κ3) is 5.15. The van der Waals surface area contributed by atoms with Crippen molar-refractivity contribution in [2.45, 2.75) is 25.9 Å². The molecule has 3 aromatic rings. The predicted molar refractivity (Wildman–Crippen MR) is 118 cm³/mol. The quantitative estimate of drug-likeness (QED) is 0.556. The molecule has 1 aromatic heterocycles. The minimum atomic E-state index is -0.125. The number of likely N-dealkylation sites (tertiary alicyclic amines) is 1. The fourth-order valence-corrected chi connectivity index (χ4v) is 3.65. The molecule has 6 heteroatoms. The molecule has 2 heterocycles. The summed E-state index contributed by atoms with van der Waals surface area (Å²) in [7, 11) is 0. The molecule has 0 radical (unpaired) electrons. The number of aromatic hydroxyl groups is 1. The number of hydrogen-bond acceptors (Lipinski definition) is 5. The van der Waals surface area contributed by atoms with E-state index in [4.69, 9.17) is 0 Å². The van der Waals surface area contributed by atoms with Crippen molar-refractivity contribution in [3.8, 4) is 5.75 Å². The Balaban J connectivity index is 1.34. The van der Waals surface area contributed by atoms with Crippen LogP contribution in [0.3, 0.4) is 0 Å². The lowest BCUT2D eigenvalue weighted by Crippen LogP contribution is -2.23. The first-order valence-electron chi connectivity index (χ1n) is 10.3. The number of amides is 1. The van der Waals surface area contributed by atoms with Crippen LogP contribution in [-0.4, -0.2) is 34.0 Å². The topological polar surface area (TPSA) is 77.5 Å². The standard InChI is InChI=1S/C24H26N4O2/c29-23-8-3-18(15-20(23)17-28-13-1-2-14-28)16-26-24(30)19-4-6-21(7-5-19)27-22-9-11-25-12-10-22/h3-12,15,29H,1-2,13-14,16-17H2,(H,25,27)(H,26,30). The molecule has 154 valence electrons. The fraction of sp³-hybridized carbons (Fsp3) is 0.250. The third-order valence-corrected chi connectivity index (χ3v) is 5.31. The normalized spacial score (nSPS) is 13.9. The lowest BCUT2D eigenvalue weighted by Gasteiger charge is -2.16. The van der Waals surface area contributed by atoms with Gasteiger partial charge in [0.1, 0.15) is 5.75 Å². The van der Waals surface area contributed by atoms with Gasteiger partial charge < -0.3 is 15.7 Å². The second-order valence-electron chi connectivity index (χ2n) is 7.57. The maximum Gasteiger partial charge on any atom is 0.251 e. The first-order valence-corrected chi connectivity index (χ1v) is 10.3. The van der Waals surface area contributed by atoms with E-state index in [1.54, 1.807) is 30.6 Å². The van der Waals surface area contributed by atoms with Gasteiger partial charge >= 0.3 is 0 Å². The molecular weight excluding hydrogens is 376 g/mol. The number of carbonyl (C=O) groups is 1. The highest BCUT2D eigenvalue weighted by Crippen LogP contribution is 2.22. The van der Waals surface area contributed by atoms with Crippen LogP contribution in [0.5, 0.6) is 5.75 Å². The molecule has 0 atom stereocenters. The van der Waals surface area contributed by atoms with E-state index in [1.165, 1.54) is 12.8 Å². The molecule has 1 aliphatic heterocycles. The molecule has 0 bridgehead atoms. The lowest BCUT2D eigenvalue weighted by molar-refractivity contribution is 0.0951. The molecule has 4 rings (SSSR count). The van der Waals surface area contributed by atoms with Gasteiger partial charge in [0.15, 0.2) is 0 Å². The summed E-state index contributed by atoms with van der Waals surface area (Å²) in [5.74, 6) is 0.189. The maximum absolute atomic E-state index is 12.5. The molecule has 1 aliphatic rings. The Hall–Kier alpha value is -3.38. The molecule has 1 fully saturated rings. The van der Waals surface area contributed by atoms with Crippen molar-refractivity contribution in [3.63, 3.8) is 0 Å². The average Bonchev–Trinajstić information content (AvgIpc) is 3.28. The minimum Gasteiger partial charge on any atom is -0.508 e. The van der Waals surface area contributed by atoms with E-state index in [2.05, 4.69) is 20.5 Å². The summed E-state index contributed by atoms with van der Waals surface area (Å²) in [5.41, 5.74) is 4.34. The van der Waals surface area contributed by atoms with Crippen LogP contribution in [0, 0.1) is 0 Å². The molecule has 0 unspecified atom stereocenters. The van der Waals surface area contributed by atoms with Gasteiger partial charge in [0.25, 0.3) is 5.91 Å². The van der Waals surface area contributed by atoms with Gasteiger partial charge in [0.2, 0.25) is 0 Å². The van der Waals surface area contributed by atoms with Gasteiger partial charge in [-0.3, -0.25) is 14.7 Å². The summed E-state index contributed by atoms with van der Waals surface area (Å²) in [6, 6.07) is 16.7. The van der Waals surface area contributed by atoms with Crippen LogP contribution >= 0.6 is 0 Å². The van der Waals surface area contributed by atoms with Crippen molar-refractivity contribution < 1.29 is 9.90 Å². The number of hydrogen-bond donors (Lipinski definition) is 3. The van der Waals surface area contributed by atoms with Crippen LogP contribution in [0.25, 0.3) is 0 Å². The molecule has 1 amide bonds. The molecule has 0 aliphatic carbocycles. The highest BCUT2D eigenvalue weighted by Gasteiger charge is 2.14. The van der Waals surface area contributed by atoms with Crippen molar-refractivity contribution in [2.24, 2.45) is 0 Å². The Kier molecular flexibility index (Phi) is 6.25. The predicted octanol–water partition coefficient (Wildman–Crippen LogP) is 4.06. The summed E-state index contributed by atoms with van der Waals surface area (Å²) in [6.07, 6.45) is 5.88. The average molecular weight is 402 g/mol. The van der Waals surface area contributed by atoms with Gasteiger partial charge in [-0.05, 0) is 80.0 Å². The van der Waals surface area contributed by atoms with E-state index in [0.29, 0.717) is 17.9 Å². The summed E-state index contributed by atoms with van der Waals surface area (Å²) in [6.45, 7) is 3.32. The number of phenols is 1. The molecule has 6 nitrogen and oxygen atoms in total. The van der Waals surface area contributed by atoms with E-state index >= 15 is 0 Å². The zero-order valence-electron chi connectivity index (χ0n) is 16.8. The number of carbonyl (C=O) groups excluding carboxylic acids is 1. The zero-order chi connectivity index (χ0) is 20.8. The number of aromatic nitrogens is 1. The second-order valence-corrected chi connectivity index (χ2v) is 7.57. The number of rotatable bonds is 7. The smallest absolute Gasteiger partial charge is 0.251 e. The lowest BCUT2D eigenvalue weighted by atomic mass is 10.1. The van der Waals surface area contributed by atoms with Crippen LogP contribution in [-0.2, 0) is 13.1 Å². The molecule has 2 aromatic carbocycles. The minimum absolute atomic E-state index is 0.125. The van der Waals surface area contributed by atoms with Gasteiger partial charge in [-0.1, -0.05) is 6.07 Å². The van der Waals surface area contributed by atoms with Crippen molar-refractivity contribution in [3.05, 3.63) is 83.7 Å². The van der Waals surface area contributed by atoms with E-state index < -0.39 is 0 Å². The summed E-state index contributed by atoms with van der Waals surface area (Å²) >= 11 is 0. The van der Waals surface area contributed by atoms with Crippen molar-refractivity contribution in [1.29, 1.82) is 0 Å².